The zero-order valence-corrected chi connectivity index (χ0v) is 10.0. The Bertz CT molecular complexity index is 502. The van der Waals surface area contributed by atoms with Gasteiger partial charge < -0.3 is 11.1 Å². The molecule has 1 aromatic carbocycles. The first-order valence-electron chi connectivity index (χ1n) is 6.16. The van der Waals surface area contributed by atoms with Crippen molar-refractivity contribution in [2.75, 3.05) is 11.9 Å². The first-order chi connectivity index (χ1) is 8.83. The molecule has 6 heteroatoms. The molecule has 0 amide bonds. The maximum Gasteiger partial charge on any atom is 0.247 e. The Morgan fingerprint density at radius 1 is 1.28 bits per heavy atom. The molecule has 3 rings (SSSR count). The number of hydrogen-bond acceptors (Lipinski definition) is 5. The molecule has 1 aliphatic carbocycles. The van der Waals surface area contributed by atoms with Crippen LogP contribution in [0.2, 0.25) is 0 Å². The number of benzene rings is 1. The molecule has 3 N–H and O–H groups in total. The van der Waals surface area contributed by atoms with Crippen molar-refractivity contribution in [1.29, 1.82) is 0 Å². The monoisotopic (exact) mass is 244 g/mol. The van der Waals surface area contributed by atoms with Gasteiger partial charge in [-0.25, -0.2) is 0 Å². The van der Waals surface area contributed by atoms with Crippen molar-refractivity contribution < 1.29 is 0 Å². The third-order valence-corrected chi connectivity index (χ3v) is 3.29. The number of anilines is 1. The molecule has 0 bridgehead atoms. The summed E-state index contributed by atoms with van der Waals surface area (Å²) in [6, 6.07) is 10.2. The van der Waals surface area contributed by atoms with Crippen molar-refractivity contribution in [3.05, 3.63) is 30.3 Å². The van der Waals surface area contributed by atoms with E-state index in [1.54, 1.807) is 4.68 Å². The van der Waals surface area contributed by atoms with Crippen molar-refractivity contribution in [3.63, 3.8) is 0 Å². The predicted molar refractivity (Wildman–Crippen MR) is 68.3 cm³/mol. The second-order valence-electron chi connectivity index (χ2n) is 4.73. The van der Waals surface area contributed by atoms with Gasteiger partial charge in [0.15, 0.2) is 0 Å². The second kappa shape index (κ2) is 4.73. The zero-order chi connectivity index (χ0) is 12.4. The van der Waals surface area contributed by atoms with Crippen molar-refractivity contribution in [1.82, 2.24) is 20.2 Å². The molecule has 18 heavy (non-hydrogen) atoms. The number of para-hydroxylation sites is 1. The molecular weight excluding hydrogens is 228 g/mol. The SMILES string of the molecule is NC1CC(CNc2nnnn2-c2ccccc2)C1. The van der Waals surface area contributed by atoms with Gasteiger partial charge in [0.2, 0.25) is 5.95 Å². The van der Waals surface area contributed by atoms with Crippen molar-refractivity contribution >= 4 is 5.95 Å². The van der Waals surface area contributed by atoms with Crippen LogP contribution in [0.25, 0.3) is 5.69 Å². The summed E-state index contributed by atoms with van der Waals surface area (Å²) in [7, 11) is 0. The molecule has 0 atom stereocenters. The van der Waals surface area contributed by atoms with E-state index in [0.29, 0.717) is 17.9 Å². The van der Waals surface area contributed by atoms with E-state index in [0.717, 1.165) is 25.1 Å². The molecule has 94 valence electrons. The van der Waals surface area contributed by atoms with Crippen LogP contribution in [-0.2, 0) is 0 Å². The second-order valence-corrected chi connectivity index (χ2v) is 4.73. The van der Waals surface area contributed by atoms with E-state index in [4.69, 9.17) is 5.73 Å². The summed E-state index contributed by atoms with van der Waals surface area (Å²) in [5.74, 6) is 1.32. The Balaban J connectivity index is 1.68. The summed E-state index contributed by atoms with van der Waals surface area (Å²) in [6.07, 6.45) is 2.17. The third kappa shape index (κ3) is 2.19. The third-order valence-electron chi connectivity index (χ3n) is 3.29. The molecule has 0 spiro atoms. The largest absolute Gasteiger partial charge is 0.352 e. The van der Waals surface area contributed by atoms with Crippen molar-refractivity contribution in [3.8, 4) is 5.69 Å². The first-order valence-corrected chi connectivity index (χ1v) is 6.16. The average molecular weight is 244 g/mol. The van der Waals surface area contributed by atoms with Gasteiger partial charge in [0.05, 0.1) is 5.69 Å². The van der Waals surface area contributed by atoms with E-state index in [1.807, 2.05) is 30.3 Å². The summed E-state index contributed by atoms with van der Waals surface area (Å²) in [5, 5.41) is 15.0. The number of tetrazole rings is 1. The fourth-order valence-corrected chi connectivity index (χ4v) is 2.23. The van der Waals surface area contributed by atoms with E-state index < -0.39 is 0 Å². The van der Waals surface area contributed by atoms with Gasteiger partial charge in [-0.1, -0.05) is 23.3 Å². The van der Waals surface area contributed by atoms with E-state index in [1.165, 1.54) is 0 Å². The molecule has 0 saturated heterocycles. The lowest BCUT2D eigenvalue weighted by atomic mass is 9.81. The van der Waals surface area contributed by atoms with Gasteiger partial charge in [-0.15, -0.1) is 0 Å². The maximum absolute atomic E-state index is 5.77. The van der Waals surface area contributed by atoms with Crippen LogP contribution in [0.5, 0.6) is 0 Å². The number of aromatic nitrogens is 4. The molecule has 2 aromatic rings. The zero-order valence-electron chi connectivity index (χ0n) is 10.0. The molecule has 1 fully saturated rings. The molecule has 6 nitrogen and oxygen atoms in total. The highest BCUT2D eigenvalue weighted by Crippen LogP contribution is 2.25. The van der Waals surface area contributed by atoms with E-state index in [-0.39, 0.29) is 0 Å². The molecule has 0 unspecified atom stereocenters. The van der Waals surface area contributed by atoms with Crippen molar-refractivity contribution in [2.45, 2.75) is 18.9 Å². The van der Waals surface area contributed by atoms with Gasteiger partial charge in [-0.3, -0.25) is 0 Å². The van der Waals surface area contributed by atoms with Crippen LogP contribution < -0.4 is 11.1 Å². The highest BCUT2D eigenvalue weighted by atomic mass is 15.6. The lowest BCUT2D eigenvalue weighted by molar-refractivity contribution is 0.279. The highest BCUT2D eigenvalue weighted by Gasteiger charge is 2.25. The van der Waals surface area contributed by atoms with Gasteiger partial charge in [-0.05, 0) is 41.3 Å². The lowest BCUT2D eigenvalue weighted by Crippen LogP contribution is -2.39. The van der Waals surface area contributed by atoms with E-state index in [2.05, 4.69) is 20.8 Å². The molecule has 0 aliphatic heterocycles. The minimum absolute atomic E-state index is 0.377. The molecule has 1 aliphatic rings. The summed E-state index contributed by atoms with van der Waals surface area (Å²) >= 11 is 0. The average Bonchev–Trinajstić information content (AvgIpc) is 2.82. The minimum Gasteiger partial charge on any atom is -0.352 e. The van der Waals surface area contributed by atoms with E-state index >= 15 is 0 Å². The topological polar surface area (TPSA) is 81.7 Å². The number of nitrogens with zero attached hydrogens (tertiary/aromatic N) is 4. The molecule has 1 heterocycles. The van der Waals surface area contributed by atoms with Crippen LogP contribution in [-0.4, -0.2) is 32.8 Å². The van der Waals surface area contributed by atoms with Crippen LogP contribution in [0.1, 0.15) is 12.8 Å². The van der Waals surface area contributed by atoms with Crippen LogP contribution in [0.3, 0.4) is 0 Å². The Hall–Kier alpha value is -1.95. The van der Waals surface area contributed by atoms with Gasteiger partial charge in [-0.2, -0.15) is 4.68 Å². The molecule has 1 aromatic heterocycles. The number of hydrogen-bond donors (Lipinski definition) is 2. The predicted octanol–water partition coefficient (Wildman–Crippen LogP) is 0.811. The summed E-state index contributed by atoms with van der Waals surface area (Å²) in [6.45, 7) is 0.876. The summed E-state index contributed by atoms with van der Waals surface area (Å²) in [5.41, 5.74) is 6.72. The number of rotatable bonds is 4. The Kier molecular flexibility index (Phi) is 2.93. The summed E-state index contributed by atoms with van der Waals surface area (Å²) in [4.78, 5) is 0. The maximum atomic E-state index is 5.77. The number of nitrogens with one attached hydrogen (secondary N) is 1. The lowest BCUT2D eigenvalue weighted by Gasteiger charge is -2.32. The van der Waals surface area contributed by atoms with Gasteiger partial charge in [0.25, 0.3) is 0 Å². The fraction of sp³-hybridized carbons (Fsp3) is 0.417. The minimum atomic E-state index is 0.377. The Morgan fingerprint density at radius 2 is 2.06 bits per heavy atom. The molecule has 1 saturated carbocycles. The van der Waals surface area contributed by atoms with Crippen LogP contribution in [0, 0.1) is 5.92 Å². The van der Waals surface area contributed by atoms with Gasteiger partial charge in [0, 0.05) is 12.6 Å². The first kappa shape index (κ1) is 11.2. The van der Waals surface area contributed by atoms with E-state index in [9.17, 15) is 0 Å². The standard InChI is InChI=1S/C12H16N6/c13-10-6-9(7-10)8-14-12-15-16-17-18(12)11-4-2-1-3-5-11/h1-5,9-10H,6-8,13H2,(H,14,15,17). The normalized spacial score (nSPS) is 22.5. The molecule has 0 radical (unpaired) electrons. The summed E-state index contributed by atoms with van der Waals surface area (Å²) < 4.78 is 1.71. The quantitative estimate of drug-likeness (QED) is 0.831. The highest BCUT2D eigenvalue weighted by molar-refractivity contribution is 5.38. The van der Waals surface area contributed by atoms with Gasteiger partial charge >= 0.3 is 0 Å². The smallest absolute Gasteiger partial charge is 0.247 e. The fourth-order valence-electron chi connectivity index (χ4n) is 2.23. The number of nitrogens with two attached hydrogens (primary N) is 1. The Labute approximate surface area is 105 Å². The van der Waals surface area contributed by atoms with Crippen LogP contribution >= 0.6 is 0 Å². The van der Waals surface area contributed by atoms with Crippen LogP contribution in [0.4, 0.5) is 5.95 Å². The van der Waals surface area contributed by atoms with Gasteiger partial charge in [0.1, 0.15) is 0 Å². The Morgan fingerprint density at radius 3 is 2.78 bits per heavy atom. The molecular formula is C12H16N6. The van der Waals surface area contributed by atoms with Crippen molar-refractivity contribution in [2.24, 2.45) is 11.7 Å². The van der Waals surface area contributed by atoms with Crippen LogP contribution in [0.15, 0.2) is 30.3 Å².